The first kappa shape index (κ1) is 10.3. The molecule has 0 radical (unpaired) electrons. The van der Waals surface area contributed by atoms with Crippen LogP contribution >= 0.6 is 0 Å². The highest BCUT2D eigenvalue weighted by Gasteiger charge is 2.31. The van der Waals surface area contributed by atoms with Gasteiger partial charge >= 0.3 is 0 Å². The Balaban J connectivity index is 1.49. The summed E-state index contributed by atoms with van der Waals surface area (Å²) in [6.45, 7) is 3.54. The maximum Gasteiger partial charge on any atom is 0.0922 e. The Bertz CT molecular complexity index is 322. The summed E-state index contributed by atoms with van der Waals surface area (Å²) < 4.78 is 0. The molecule has 3 rings (SSSR count). The molecule has 0 aliphatic carbocycles. The zero-order valence-corrected chi connectivity index (χ0v) is 9.65. The smallest absolute Gasteiger partial charge is 0.0922 e. The van der Waals surface area contributed by atoms with Crippen LogP contribution in [0.1, 0.15) is 31.4 Å². The van der Waals surface area contributed by atoms with E-state index in [4.69, 9.17) is 0 Å². The van der Waals surface area contributed by atoms with Crippen molar-refractivity contribution in [1.82, 2.24) is 20.2 Å². The molecular formula is C12H20N4. The number of H-pyrrole nitrogens is 1. The molecule has 16 heavy (non-hydrogen) atoms. The van der Waals surface area contributed by atoms with Crippen molar-refractivity contribution in [3.8, 4) is 0 Å². The average molecular weight is 220 g/mol. The summed E-state index contributed by atoms with van der Waals surface area (Å²) >= 11 is 0. The zero-order valence-electron chi connectivity index (χ0n) is 9.65. The molecule has 2 atom stereocenters. The molecule has 1 aromatic heterocycles. The largest absolute Gasteiger partial charge is 0.347 e. The van der Waals surface area contributed by atoms with Crippen LogP contribution in [0.4, 0.5) is 0 Å². The topological polar surface area (TPSA) is 44.0 Å². The average Bonchev–Trinajstić information content (AvgIpc) is 2.97. The number of nitrogens with one attached hydrogen (secondary N) is 2. The van der Waals surface area contributed by atoms with E-state index in [-0.39, 0.29) is 0 Å². The number of nitrogens with zero attached hydrogens (tertiary/aromatic N) is 2. The minimum Gasteiger partial charge on any atom is -0.347 e. The molecule has 4 heteroatoms. The van der Waals surface area contributed by atoms with Gasteiger partial charge in [-0.25, -0.2) is 4.98 Å². The van der Waals surface area contributed by atoms with Crippen LogP contribution in [-0.2, 0) is 6.54 Å². The fraction of sp³-hybridized carbons (Fsp3) is 0.750. The summed E-state index contributed by atoms with van der Waals surface area (Å²) in [7, 11) is 0. The van der Waals surface area contributed by atoms with Crippen LogP contribution < -0.4 is 5.32 Å². The minimum absolute atomic E-state index is 0.697. The first-order chi connectivity index (χ1) is 7.92. The molecule has 2 N–H and O–H groups in total. The van der Waals surface area contributed by atoms with Crippen LogP contribution in [0.15, 0.2) is 12.5 Å². The van der Waals surface area contributed by atoms with E-state index in [0.717, 1.165) is 12.6 Å². The summed E-state index contributed by atoms with van der Waals surface area (Å²) in [6.07, 6.45) is 9.08. The molecule has 3 heterocycles. The molecule has 0 amide bonds. The van der Waals surface area contributed by atoms with Gasteiger partial charge in [-0.3, -0.25) is 0 Å². The fourth-order valence-electron chi connectivity index (χ4n) is 3.05. The summed E-state index contributed by atoms with van der Waals surface area (Å²) in [4.78, 5) is 9.84. The van der Waals surface area contributed by atoms with Gasteiger partial charge < -0.3 is 15.2 Å². The van der Waals surface area contributed by atoms with Crippen molar-refractivity contribution in [2.24, 2.45) is 0 Å². The van der Waals surface area contributed by atoms with Gasteiger partial charge in [-0.1, -0.05) is 0 Å². The van der Waals surface area contributed by atoms with Gasteiger partial charge in [0.15, 0.2) is 0 Å². The van der Waals surface area contributed by atoms with Crippen molar-refractivity contribution in [3.63, 3.8) is 0 Å². The molecule has 0 spiro atoms. The highest BCUT2D eigenvalue weighted by Crippen LogP contribution is 2.26. The Morgan fingerprint density at radius 3 is 3.31 bits per heavy atom. The van der Waals surface area contributed by atoms with E-state index >= 15 is 0 Å². The van der Waals surface area contributed by atoms with Crippen molar-refractivity contribution in [2.45, 2.75) is 44.3 Å². The Kier molecular flexibility index (Phi) is 2.93. The number of hydrogen-bond donors (Lipinski definition) is 2. The third kappa shape index (κ3) is 2.13. The van der Waals surface area contributed by atoms with E-state index in [0.29, 0.717) is 6.04 Å². The van der Waals surface area contributed by atoms with Crippen LogP contribution in [0.25, 0.3) is 0 Å². The van der Waals surface area contributed by atoms with E-state index in [2.05, 4.69) is 20.2 Å². The van der Waals surface area contributed by atoms with Gasteiger partial charge in [-0.2, -0.15) is 0 Å². The van der Waals surface area contributed by atoms with Crippen LogP contribution in [0.3, 0.4) is 0 Å². The van der Waals surface area contributed by atoms with Gasteiger partial charge in [0.25, 0.3) is 0 Å². The van der Waals surface area contributed by atoms with Crippen molar-refractivity contribution >= 4 is 0 Å². The Morgan fingerprint density at radius 2 is 2.44 bits per heavy atom. The molecule has 88 valence electrons. The first-order valence-corrected chi connectivity index (χ1v) is 6.36. The second kappa shape index (κ2) is 4.55. The Labute approximate surface area is 96.4 Å². The van der Waals surface area contributed by atoms with Crippen molar-refractivity contribution < 1.29 is 0 Å². The third-order valence-corrected chi connectivity index (χ3v) is 3.96. The second-order valence-electron chi connectivity index (χ2n) is 5.01. The molecular weight excluding hydrogens is 200 g/mol. The monoisotopic (exact) mass is 220 g/mol. The number of aromatic amines is 1. The lowest BCUT2D eigenvalue weighted by Gasteiger charge is -2.35. The molecule has 2 saturated heterocycles. The molecule has 0 bridgehead atoms. The van der Waals surface area contributed by atoms with Gasteiger partial charge in [0.1, 0.15) is 0 Å². The molecule has 1 aromatic rings. The van der Waals surface area contributed by atoms with E-state index < -0.39 is 0 Å². The summed E-state index contributed by atoms with van der Waals surface area (Å²) in [5.74, 6) is 0. The SMILES string of the molecule is c1ncc(CNC2CCN3CCCC3C2)[nH]1. The van der Waals surface area contributed by atoms with Crippen LogP contribution in [0.5, 0.6) is 0 Å². The molecule has 2 fully saturated rings. The van der Waals surface area contributed by atoms with Crippen molar-refractivity contribution in [2.75, 3.05) is 13.1 Å². The molecule has 4 nitrogen and oxygen atoms in total. The predicted molar refractivity (Wildman–Crippen MR) is 63.0 cm³/mol. The quantitative estimate of drug-likeness (QED) is 0.802. The summed E-state index contributed by atoms with van der Waals surface area (Å²) in [5.41, 5.74) is 1.19. The van der Waals surface area contributed by atoms with Gasteiger partial charge in [0, 0.05) is 30.5 Å². The lowest BCUT2D eigenvalue weighted by Crippen LogP contribution is -2.45. The lowest BCUT2D eigenvalue weighted by molar-refractivity contribution is 0.166. The molecule has 2 aliphatic rings. The van der Waals surface area contributed by atoms with Crippen LogP contribution in [0.2, 0.25) is 0 Å². The van der Waals surface area contributed by atoms with Gasteiger partial charge in [0.05, 0.1) is 6.33 Å². The Hall–Kier alpha value is -0.870. The van der Waals surface area contributed by atoms with Crippen LogP contribution in [-0.4, -0.2) is 40.0 Å². The first-order valence-electron chi connectivity index (χ1n) is 6.36. The Morgan fingerprint density at radius 1 is 1.44 bits per heavy atom. The van der Waals surface area contributed by atoms with E-state index in [1.54, 1.807) is 6.33 Å². The number of fused-ring (bicyclic) bond motifs is 1. The highest BCUT2D eigenvalue weighted by atomic mass is 15.2. The number of aromatic nitrogens is 2. The summed E-state index contributed by atoms with van der Waals surface area (Å²) in [5, 5.41) is 3.64. The standard InChI is InChI=1S/C12H20N4/c1-2-12-6-10(3-5-16(12)4-1)14-8-11-7-13-9-15-11/h7,9-10,12,14H,1-6,8H2,(H,13,15). The number of rotatable bonds is 3. The maximum atomic E-state index is 4.04. The highest BCUT2D eigenvalue weighted by molar-refractivity contribution is 4.95. The maximum absolute atomic E-state index is 4.04. The molecule has 2 aliphatic heterocycles. The normalized spacial score (nSPS) is 30.5. The van der Waals surface area contributed by atoms with Gasteiger partial charge in [0.2, 0.25) is 0 Å². The number of hydrogen-bond acceptors (Lipinski definition) is 3. The van der Waals surface area contributed by atoms with E-state index in [9.17, 15) is 0 Å². The van der Waals surface area contributed by atoms with Crippen molar-refractivity contribution in [1.29, 1.82) is 0 Å². The van der Waals surface area contributed by atoms with E-state index in [1.165, 1.54) is 44.5 Å². The predicted octanol–water partition coefficient (Wildman–Crippen LogP) is 1.13. The molecule has 0 aromatic carbocycles. The summed E-state index contributed by atoms with van der Waals surface area (Å²) in [6, 6.07) is 1.55. The minimum atomic E-state index is 0.697. The second-order valence-corrected chi connectivity index (χ2v) is 5.01. The van der Waals surface area contributed by atoms with E-state index in [1.807, 2.05) is 6.20 Å². The third-order valence-electron chi connectivity index (χ3n) is 3.96. The number of piperidine rings is 1. The van der Waals surface area contributed by atoms with Gasteiger partial charge in [-0.05, 0) is 38.8 Å². The van der Waals surface area contributed by atoms with Gasteiger partial charge in [-0.15, -0.1) is 0 Å². The molecule has 0 saturated carbocycles. The molecule has 2 unspecified atom stereocenters. The zero-order chi connectivity index (χ0) is 10.8. The van der Waals surface area contributed by atoms with Crippen LogP contribution in [0, 0.1) is 0 Å². The number of imidazole rings is 1. The fourth-order valence-corrected chi connectivity index (χ4v) is 3.05. The lowest BCUT2D eigenvalue weighted by atomic mass is 9.97. The van der Waals surface area contributed by atoms with Crippen molar-refractivity contribution in [3.05, 3.63) is 18.2 Å².